The lowest BCUT2D eigenvalue weighted by Gasteiger charge is -2.10. The van der Waals surface area contributed by atoms with Crippen LogP contribution in [-0.2, 0) is 12.6 Å². The van der Waals surface area contributed by atoms with Gasteiger partial charge in [0.1, 0.15) is 0 Å². The third-order valence-electron chi connectivity index (χ3n) is 3.27. The topological polar surface area (TPSA) is 30.9 Å². The van der Waals surface area contributed by atoms with Gasteiger partial charge in [-0.05, 0) is 37.1 Å². The van der Waals surface area contributed by atoms with E-state index in [4.69, 9.17) is 5.73 Å². The Bertz CT molecular complexity index is 583. The average molecular weight is 240 g/mol. The van der Waals surface area contributed by atoms with Gasteiger partial charge in [-0.1, -0.05) is 0 Å². The van der Waals surface area contributed by atoms with Crippen LogP contribution >= 0.6 is 0 Å². The zero-order chi connectivity index (χ0) is 12.2. The number of fused-ring (bicyclic) bond motifs is 3. The van der Waals surface area contributed by atoms with Crippen LogP contribution in [0.25, 0.3) is 10.9 Å². The van der Waals surface area contributed by atoms with E-state index in [0.29, 0.717) is 5.39 Å². The second-order valence-corrected chi connectivity index (χ2v) is 4.38. The van der Waals surface area contributed by atoms with Gasteiger partial charge in [0.15, 0.2) is 0 Å². The fourth-order valence-corrected chi connectivity index (χ4v) is 2.48. The lowest BCUT2D eigenvalue weighted by atomic mass is 10.1. The fourth-order valence-electron chi connectivity index (χ4n) is 2.48. The number of alkyl halides is 3. The van der Waals surface area contributed by atoms with Gasteiger partial charge in [-0.15, -0.1) is 0 Å². The third-order valence-corrected chi connectivity index (χ3v) is 3.27. The Hall–Kier alpha value is -1.49. The van der Waals surface area contributed by atoms with Gasteiger partial charge in [0.25, 0.3) is 0 Å². The molecule has 1 unspecified atom stereocenters. The number of hydrogen-bond donors (Lipinski definition) is 1. The van der Waals surface area contributed by atoms with E-state index in [1.54, 1.807) is 6.07 Å². The molecule has 0 saturated heterocycles. The highest BCUT2D eigenvalue weighted by Gasteiger charge is 2.31. The Morgan fingerprint density at radius 2 is 2.00 bits per heavy atom. The van der Waals surface area contributed by atoms with Crippen LogP contribution in [0.4, 0.5) is 13.2 Å². The van der Waals surface area contributed by atoms with E-state index >= 15 is 0 Å². The first-order chi connectivity index (χ1) is 7.97. The molecule has 1 atom stereocenters. The van der Waals surface area contributed by atoms with Gasteiger partial charge in [-0.25, -0.2) is 0 Å². The molecule has 2 N–H and O–H groups in total. The highest BCUT2D eigenvalue weighted by Crippen LogP contribution is 2.35. The molecule has 2 nitrogen and oxygen atoms in total. The molecule has 17 heavy (non-hydrogen) atoms. The van der Waals surface area contributed by atoms with Gasteiger partial charge < -0.3 is 10.3 Å². The summed E-state index contributed by atoms with van der Waals surface area (Å²) in [6.07, 6.45) is -2.72. The number of aryl methyl sites for hydroxylation is 1. The predicted octanol–water partition coefficient (Wildman–Crippen LogP) is 3.06. The molecule has 2 aromatic rings. The molecule has 1 aromatic heterocycles. The Morgan fingerprint density at radius 1 is 1.24 bits per heavy atom. The minimum Gasteiger partial charge on any atom is -0.329 e. The molecule has 1 aliphatic heterocycles. The highest BCUT2D eigenvalue weighted by molar-refractivity contribution is 5.82. The molecule has 0 bridgehead atoms. The van der Waals surface area contributed by atoms with Crippen molar-refractivity contribution < 1.29 is 13.2 Å². The van der Waals surface area contributed by atoms with E-state index in [1.807, 2.05) is 4.57 Å². The van der Waals surface area contributed by atoms with Crippen molar-refractivity contribution in [2.75, 3.05) is 0 Å². The molecule has 5 heteroatoms. The van der Waals surface area contributed by atoms with Crippen molar-refractivity contribution in [3.8, 4) is 0 Å². The van der Waals surface area contributed by atoms with E-state index in [2.05, 4.69) is 0 Å². The number of nitrogens with zero attached hydrogens (tertiary/aromatic N) is 1. The normalized spacial score (nSPS) is 19.9. The Labute approximate surface area is 95.8 Å². The van der Waals surface area contributed by atoms with Crippen molar-refractivity contribution in [2.45, 2.75) is 25.2 Å². The molecule has 0 saturated carbocycles. The first-order valence-electron chi connectivity index (χ1n) is 5.43. The smallest absolute Gasteiger partial charge is 0.329 e. The van der Waals surface area contributed by atoms with Crippen LogP contribution in [0.3, 0.4) is 0 Å². The molecule has 0 aliphatic carbocycles. The molecule has 2 heterocycles. The molecule has 1 aromatic carbocycles. The zero-order valence-corrected chi connectivity index (χ0v) is 8.96. The maximum atomic E-state index is 12.6. The lowest BCUT2D eigenvalue weighted by Crippen LogP contribution is -2.13. The molecule has 3 rings (SSSR count). The van der Waals surface area contributed by atoms with E-state index in [1.165, 1.54) is 12.1 Å². The fraction of sp³-hybridized carbons (Fsp3) is 0.333. The molecule has 1 aliphatic rings. The van der Waals surface area contributed by atoms with Gasteiger partial charge in [-0.3, -0.25) is 0 Å². The molecular weight excluding hydrogens is 229 g/mol. The maximum absolute atomic E-state index is 12.6. The lowest BCUT2D eigenvalue weighted by molar-refractivity contribution is -0.137. The van der Waals surface area contributed by atoms with Crippen molar-refractivity contribution in [1.82, 2.24) is 4.57 Å². The summed E-state index contributed by atoms with van der Waals surface area (Å²) in [5.74, 6) is 0. The number of halogens is 3. The maximum Gasteiger partial charge on any atom is 0.416 e. The zero-order valence-electron chi connectivity index (χ0n) is 8.96. The van der Waals surface area contributed by atoms with Crippen LogP contribution in [-0.4, -0.2) is 4.57 Å². The van der Waals surface area contributed by atoms with E-state index in [0.717, 1.165) is 30.1 Å². The molecule has 90 valence electrons. The van der Waals surface area contributed by atoms with Crippen LogP contribution in [0.1, 0.15) is 23.8 Å². The van der Waals surface area contributed by atoms with Crippen molar-refractivity contribution >= 4 is 10.9 Å². The summed E-state index contributed by atoms with van der Waals surface area (Å²) >= 11 is 0. The van der Waals surface area contributed by atoms with Crippen molar-refractivity contribution in [1.29, 1.82) is 0 Å². The predicted molar refractivity (Wildman–Crippen MR) is 58.5 cm³/mol. The first kappa shape index (κ1) is 10.7. The van der Waals surface area contributed by atoms with Gasteiger partial charge in [0, 0.05) is 16.6 Å². The minimum absolute atomic E-state index is 0.112. The second-order valence-electron chi connectivity index (χ2n) is 4.38. The Balaban J connectivity index is 2.21. The van der Waals surface area contributed by atoms with Crippen molar-refractivity contribution in [3.05, 3.63) is 35.5 Å². The summed E-state index contributed by atoms with van der Waals surface area (Å²) < 4.78 is 39.6. The summed E-state index contributed by atoms with van der Waals surface area (Å²) in [7, 11) is 0. The quantitative estimate of drug-likeness (QED) is 0.753. The van der Waals surface area contributed by atoms with Crippen molar-refractivity contribution in [2.24, 2.45) is 5.73 Å². The third kappa shape index (κ3) is 1.53. The number of rotatable bonds is 0. The van der Waals surface area contributed by atoms with Gasteiger partial charge >= 0.3 is 6.18 Å². The molecule has 0 fully saturated rings. The molecule has 0 spiro atoms. The molecule has 0 radical (unpaired) electrons. The van der Waals surface area contributed by atoms with Crippen molar-refractivity contribution in [3.63, 3.8) is 0 Å². The summed E-state index contributed by atoms with van der Waals surface area (Å²) in [5.41, 5.74) is 7.12. The number of benzene rings is 1. The number of hydrogen-bond acceptors (Lipinski definition) is 1. The van der Waals surface area contributed by atoms with E-state index < -0.39 is 11.7 Å². The second kappa shape index (κ2) is 3.26. The van der Waals surface area contributed by atoms with Gasteiger partial charge in [0.2, 0.25) is 0 Å². The Morgan fingerprint density at radius 3 is 2.71 bits per heavy atom. The Kier molecular flexibility index (Phi) is 2.04. The van der Waals surface area contributed by atoms with E-state index in [-0.39, 0.29) is 6.17 Å². The van der Waals surface area contributed by atoms with E-state index in [9.17, 15) is 13.2 Å². The first-order valence-corrected chi connectivity index (χ1v) is 5.43. The largest absolute Gasteiger partial charge is 0.416 e. The van der Waals surface area contributed by atoms with Crippen LogP contribution in [0, 0.1) is 0 Å². The SMILES string of the molecule is NC1CCc2cc3cc(C(F)(F)F)ccc3n21. The average Bonchev–Trinajstić information content (AvgIpc) is 2.76. The van der Waals surface area contributed by atoms with Crippen LogP contribution < -0.4 is 5.73 Å². The summed E-state index contributed by atoms with van der Waals surface area (Å²) in [6.45, 7) is 0. The van der Waals surface area contributed by atoms with Crippen LogP contribution in [0.5, 0.6) is 0 Å². The highest BCUT2D eigenvalue weighted by atomic mass is 19.4. The summed E-state index contributed by atoms with van der Waals surface area (Å²) in [4.78, 5) is 0. The summed E-state index contributed by atoms with van der Waals surface area (Å²) in [6, 6.07) is 5.61. The van der Waals surface area contributed by atoms with Gasteiger partial charge in [0.05, 0.1) is 11.7 Å². The number of nitrogens with two attached hydrogens (primary N) is 1. The molecule has 0 amide bonds. The standard InChI is InChI=1S/C12H11F3N2/c13-12(14,15)8-1-3-10-7(5-8)6-9-2-4-11(16)17(9)10/h1,3,5-6,11H,2,4,16H2. The molecular formula is C12H11F3N2. The van der Waals surface area contributed by atoms with Gasteiger partial charge in [-0.2, -0.15) is 13.2 Å². The van der Waals surface area contributed by atoms with Crippen LogP contribution in [0.2, 0.25) is 0 Å². The summed E-state index contributed by atoms with van der Waals surface area (Å²) in [5, 5.41) is 0.616. The minimum atomic E-state index is -4.29. The monoisotopic (exact) mass is 240 g/mol. The number of aromatic nitrogens is 1. The van der Waals surface area contributed by atoms with Crippen LogP contribution in [0.15, 0.2) is 24.3 Å².